The zero-order valence-electron chi connectivity index (χ0n) is 12.4. The molecular weight excluding hydrogens is 292 g/mol. The predicted octanol–water partition coefficient (Wildman–Crippen LogP) is 0.730. The Hall–Kier alpha value is -1.57. The molecule has 0 saturated carbocycles. The first-order chi connectivity index (χ1) is 9.85. The van der Waals surface area contributed by atoms with Gasteiger partial charge in [0.15, 0.2) is 15.5 Å². The van der Waals surface area contributed by atoms with Crippen LogP contribution in [-0.2, 0) is 9.84 Å². The number of nitrogens with one attached hydrogen (secondary N) is 1. The minimum absolute atomic E-state index is 0.0335. The maximum atomic E-state index is 12.7. The van der Waals surface area contributed by atoms with E-state index in [1.54, 1.807) is 11.8 Å². The Morgan fingerprint density at radius 1 is 1.52 bits per heavy atom. The van der Waals surface area contributed by atoms with Crippen LogP contribution in [0.4, 0.5) is 5.69 Å². The second-order valence-corrected chi connectivity index (χ2v) is 7.75. The molecule has 1 amide bonds. The van der Waals surface area contributed by atoms with E-state index >= 15 is 0 Å². The third-order valence-electron chi connectivity index (χ3n) is 3.86. The average molecular weight is 314 g/mol. The van der Waals surface area contributed by atoms with Gasteiger partial charge in [-0.2, -0.15) is 5.10 Å². The van der Waals surface area contributed by atoms with Crippen molar-refractivity contribution in [3.63, 3.8) is 0 Å². The first-order valence-electron chi connectivity index (χ1n) is 7.17. The molecule has 118 valence electrons. The highest BCUT2D eigenvalue weighted by atomic mass is 32.2. The molecule has 2 rings (SSSR count). The molecule has 1 unspecified atom stereocenters. The van der Waals surface area contributed by atoms with Crippen molar-refractivity contribution >= 4 is 21.4 Å². The van der Waals surface area contributed by atoms with Crippen molar-refractivity contribution in [1.29, 1.82) is 0 Å². The van der Waals surface area contributed by atoms with Crippen molar-refractivity contribution in [2.24, 2.45) is 0 Å². The van der Waals surface area contributed by atoms with Crippen LogP contribution in [0, 0.1) is 6.92 Å². The smallest absolute Gasteiger partial charge is 0.276 e. The molecule has 21 heavy (non-hydrogen) atoms. The SMILES string of the molecule is CCCCN(C(=O)c1n[nH]c(C)c1N)C1CCS(=O)(=O)C1. The van der Waals surface area contributed by atoms with Crippen LogP contribution in [0.5, 0.6) is 0 Å². The number of unbranched alkanes of at least 4 members (excludes halogenated alkanes) is 1. The number of aromatic amines is 1. The largest absolute Gasteiger partial charge is 0.395 e. The van der Waals surface area contributed by atoms with E-state index < -0.39 is 9.84 Å². The number of hydrogen-bond acceptors (Lipinski definition) is 5. The molecule has 1 aliphatic rings. The van der Waals surface area contributed by atoms with E-state index in [-0.39, 0.29) is 29.1 Å². The van der Waals surface area contributed by atoms with Gasteiger partial charge in [0.2, 0.25) is 0 Å². The standard InChI is InChI=1S/C13H22N4O3S/c1-3-4-6-17(10-5-7-21(19,20)8-10)13(18)12-11(14)9(2)15-16-12/h10H,3-8,14H2,1-2H3,(H,15,16). The van der Waals surface area contributed by atoms with Gasteiger partial charge in [0.1, 0.15) is 0 Å². The van der Waals surface area contributed by atoms with Crippen molar-refractivity contribution in [2.75, 3.05) is 23.8 Å². The van der Waals surface area contributed by atoms with Crippen LogP contribution < -0.4 is 5.73 Å². The van der Waals surface area contributed by atoms with Gasteiger partial charge in [0.05, 0.1) is 22.9 Å². The van der Waals surface area contributed by atoms with Gasteiger partial charge in [-0.1, -0.05) is 13.3 Å². The topological polar surface area (TPSA) is 109 Å². The third-order valence-corrected chi connectivity index (χ3v) is 5.61. The summed E-state index contributed by atoms with van der Waals surface area (Å²) in [6.07, 6.45) is 2.24. The van der Waals surface area contributed by atoms with Crippen LogP contribution in [0.1, 0.15) is 42.4 Å². The van der Waals surface area contributed by atoms with Gasteiger partial charge < -0.3 is 10.6 Å². The minimum Gasteiger partial charge on any atom is -0.395 e. The Morgan fingerprint density at radius 2 is 2.24 bits per heavy atom. The molecule has 1 aromatic rings. The fourth-order valence-electron chi connectivity index (χ4n) is 2.54. The number of aromatic nitrogens is 2. The Bertz CT molecular complexity index is 623. The number of nitrogens with zero attached hydrogens (tertiary/aromatic N) is 2. The van der Waals surface area contributed by atoms with E-state index in [1.165, 1.54) is 0 Å². The van der Waals surface area contributed by atoms with Gasteiger partial charge in [-0.25, -0.2) is 8.42 Å². The quantitative estimate of drug-likeness (QED) is 0.832. The van der Waals surface area contributed by atoms with Crippen molar-refractivity contribution < 1.29 is 13.2 Å². The third kappa shape index (κ3) is 3.37. The van der Waals surface area contributed by atoms with Gasteiger partial charge in [-0.15, -0.1) is 0 Å². The lowest BCUT2D eigenvalue weighted by molar-refractivity contribution is 0.0689. The zero-order valence-corrected chi connectivity index (χ0v) is 13.2. The number of anilines is 1. The van der Waals surface area contributed by atoms with Gasteiger partial charge >= 0.3 is 0 Å². The molecule has 7 nitrogen and oxygen atoms in total. The number of amides is 1. The fraction of sp³-hybridized carbons (Fsp3) is 0.692. The molecule has 0 aromatic carbocycles. The molecule has 8 heteroatoms. The molecule has 1 aliphatic heterocycles. The summed E-state index contributed by atoms with van der Waals surface area (Å²) in [6.45, 7) is 4.30. The summed E-state index contributed by atoms with van der Waals surface area (Å²) in [7, 11) is -3.04. The van der Waals surface area contributed by atoms with Crippen molar-refractivity contribution in [3.05, 3.63) is 11.4 Å². The first-order valence-corrected chi connectivity index (χ1v) is 8.99. The monoisotopic (exact) mass is 314 g/mol. The maximum absolute atomic E-state index is 12.7. The van der Waals surface area contributed by atoms with Crippen molar-refractivity contribution in [2.45, 2.75) is 39.2 Å². The van der Waals surface area contributed by atoms with Crippen LogP contribution >= 0.6 is 0 Å². The number of carbonyl (C=O) groups is 1. The fourth-order valence-corrected chi connectivity index (χ4v) is 4.27. The first kappa shape index (κ1) is 15.8. The van der Waals surface area contributed by atoms with E-state index in [9.17, 15) is 13.2 Å². The van der Waals surface area contributed by atoms with Gasteiger partial charge in [-0.05, 0) is 19.8 Å². The molecule has 1 aromatic heterocycles. The van der Waals surface area contributed by atoms with E-state index in [4.69, 9.17) is 5.73 Å². The number of rotatable bonds is 5. The summed E-state index contributed by atoms with van der Waals surface area (Å²) in [6, 6.07) is -0.273. The number of nitrogen functional groups attached to an aromatic ring is 1. The summed E-state index contributed by atoms with van der Waals surface area (Å²) in [5.74, 6) is -0.110. The number of aryl methyl sites for hydroxylation is 1. The lowest BCUT2D eigenvalue weighted by Crippen LogP contribution is -2.42. The van der Waals surface area contributed by atoms with Crippen molar-refractivity contribution in [3.8, 4) is 0 Å². The molecule has 1 fully saturated rings. The number of nitrogens with two attached hydrogens (primary N) is 1. The summed E-state index contributed by atoms with van der Waals surface area (Å²) >= 11 is 0. The van der Waals surface area contributed by atoms with Crippen LogP contribution in [0.3, 0.4) is 0 Å². The van der Waals surface area contributed by atoms with E-state index in [0.29, 0.717) is 24.3 Å². The van der Waals surface area contributed by atoms with Gasteiger partial charge in [0, 0.05) is 12.6 Å². The summed E-state index contributed by atoms with van der Waals surface area (Å²) in [5, 5.41) is 6.66. The lowest BCUT2D eigenvalue weighted by Gasteiger charge is -2.27. The zero-order chi connectivity index (χ0) is 15.6. The molecule has 1 atom stereocenters. The molecule has 0 aliphatic carbocycles. The predicted molar refractivity (Wildman–Crippen MR) is 80.7 cm³/mol. The van der Waals surface area contributed by atoms with Crippen LogP contribution in [-0.4, -0.2) is 53.5 Å². The average Bonchev–Trinajstić information content (AvgIpc) is 2.94. The molecule has 1 saturated heterocycles. The normalized spacial score (nSPS) is 20.6. The van der Waals surface area contributed by atoms with Crippen LogP contribution in [0.25, 0.3) is 0 Å². The minimum atomic E-state index is -3.04. The molecule has 3 N–H and O–H groups in total. The highest BCUT2D eigenvalue weighted by molar-refractivity contribution is 7.91. The van der Waals surface area contributed by atoms with E-state index in [0.717, 1.165) is 12.8 Å². The Morgan fingerprint density at radius 3 is 2.71 bits per heavy atom. The number of H-pyrrole nitrogens is 1. The Kier molecular flexibility index (Phi) is 4.55. The number of hydrogen-bond donors (Lipinski definition) is 2. The highest BCUT2D eigenvalue weighted by Crippen LogP contribution is 2.22. The second-order valence-electron chi connectivity index (χ2n) is 5.52. The number of carbonyl (C=O) groups excluding carboxylic acids is 1. The highest BCUT2D eigenvalue weighted by Gasteiger charge is 2.36. The van der Waals surface area contributed by atoms with Crippen LogP contribution in [0.15, 0.2) is 0 Å². The van der Waals surface area contributed by atoms with Gasteiger partial charge in [-0.3, -0.25) is 9.89 Å². The second kappa shape index (κ2) is 6.05. The summed E-state index contributed by atoms with van der Waals surface area (Å²) < 4.78 is 23.3. The Labute approximate surface area is 124 Å². The molecular formula is C13H22N4O3S. The Balaban J connectivity index is 2.23. The van der Waals surface area contributed by atoms with E-state index in [1.807, 2.05) is 6.92 Å². The molecule has 0 radical (unpaired) electrons. The lowest BCUT2D eigenvalue weighted by atomic mass is 10.1. The van der Waals surface area contributed by atoms with Crippen molar-refractivity contribution in [1.82, 2.24) is 15.1 Å². The molecule has 0 bridgehead atoms. The van der Waals surface area contributed by atoms with Crippen LogP contribution in [0.2, 0.25) is 0 Å². The summed E-state index contributed by atoms with van der Waals surface area (Å²) in [5.41, 5.74) is 7.03. The number of sulfone groups is 1. The molecule has 0 spiro atoms. The molecule has 2 heterocycles. The van der Waals surface area contributed by atoms with Gasteiger partial charge in [0.25, 0.3) is 5.91 Å². The summed E-state index contributed by atoms with van der Waals surface area (Å²) in [4.78, 5) is 14.3. The maximum Gasteiger partial charge on any atom is 0.276 e. The van der Waals surface area contributed by atoms with E-state index in [2.05, 4.69) is 10.2 Å².